The Morgan fingerprint density at radius 2 is 1.68 bits per heavy atom. The van der Waals surface area contributed by atoms with Crippen LogP contribution in [0.15, 0.2) is 48.5 Å². The first kappa shape index (κ1) is 15.8. The Morgan fingerprint density at radius 3 is 2.23 bits per heavy atom. The van der Waals surface area contributed by atoms with Gasteiger partial charge in [0.05, 0.1) is 0 Å². The van der Waals surface area contributed by atoms with Crippen LogP contribution in [0.2, 0.25) is 0 Å². The van der Waals surface area contributed by atoms with Crippen LogP contribution >= 0.6 is 0 Å². The van der Waals surface area contributed by atoms with E-state index < -0.39 is 6.61 Å². The molecule has 2 rings (SSSR count). The summed E-state index contributed by atoms with van der Waals surface area (Å²) in [5, 5.41) is 0. The van der Waals surface area contributed by atoms with Gasteiger partial charge >= 0.3 is 6.61 Å². The van der Waals surface area contributed by atoms with E-state index in [2.05, 4.69) is 16.6 Å². The summed E-state index contributed by atoms with van der Waals surface area (Å²) in [6, 6.07) is 14.0. The van der Waals surface area contributed by atoms with Gasteiger partial charge in [0.1, 0.15) is 5.75 Å². The lowest BCUT2D eigenvalue weighted by Gasteiger charge is -2.10. The fraction of sp³-hybridized carbons (Fsp3) is 0.222. The Morgan fingerprint density at radius 1 is 1.05 bits per heavy atom. The van der Waals surface area contributed by atoms with Crippen LogP contribution in [0, 0.1) is 11.8 Å². The van der Waals surface area contributed by atoms with E-state index in [0.29, 0.717) is 5.69 Å². The molecule has 1 unspecified atom stereocenters. The van der Waals surface area contributed by atoms with Gasteiger partial charge in [0.15, 0.2) is 0 Å². The number of hydrogen-bond acceptors (Lipinski definition) is 2. The SMILES string of the molecule is CCC(C#Cc1ccc(N)cc1)c1ccc(OC(F)F)cc1. The van der Waals surface area contributed by atoms with E-state index in [4.69, 9.17) is 5.73 Å². The minimum absolute atomic E-state index is 0.0400. The fourth-order valence-corrected chi connectivity index (χ4v) is 2.04. The molecule has 2 nitrogen and oxygen atoms in total. The first-order chi connectivity index (χ1) is 10.6. The smallest absolute Gasteiger partial charge is 0.387 e. The lowest BCUT2D eigenvalue weighted by Crippen LogP contribution is -2.02. The Balaban J connectivity index is 2.13. The Bertz CT molecular complexity index is 654. The Kier molecular flexibility index (Phi) is 5.37. The number of alkyl halides is 2. The van der Waals surface area contributed by atoms with Crippen LogP contribution in [0.25, 0.3) is 0 Å². The van der Waals surface area contributed by atoms with Crippen molar-refractivity contribution >= 4 is 5.69 Å². The summed E-state index contributed by atoms with van der Waals surface area (Å²) in [7, 11) is 0. The average Bonchev–Trinajstić information content (AvgIpc) is 2.50. The summed E-state index contributed by atoms with van der Waals surface area (Å²) in [4.78, 5) is 0. The van der Waals surface area contributed by atoms with Gasteiger partial charge in [0.2, 0.25) is 0 Å². The second kappa shape index (κ2) is 7.46. The Hall–Kier alpha value is -2.54. The molecule has 0 aromatic heterocycles. The van der Waals surface area contributed by atoms with Crippen LogP contribution < -0.4 is 10.5 Å². The van der Waals surface area contributed by atoms with Crippen LogP contribution in [0.5, 0.6) is 5.75 Å². The highest BCUT2D eigenvalue weighted by atomic mass is 19.3. The van der Waals surface area contributed by atoms with E-state index >= 15 is 0 Å². The molecule has 0 aliphatic rings. The molecule has 0 aliphatic heterocycles. The molecule has 0 bridgehead atoms. The molecule has 0 amide bonds. The molecule has 22 heavy (non-hydrogen) atoms. The summed E-state index contributed by atoms with van der Waals surface area (Å²) in [5.74, 6) is 6.51. The predicted molar refractivity (Wildman–Crippen MR) is 83.8 cm³/mol. The van der Waals surface area contributed by atoms with Gasteiger partial charge in [-0.05, 0) is 48.4 Å². The highest BCUT2D eigenvalue weighted by molar-refractivity contribution is 5.46. The lowest BCUT2D eigenvalue weighted by molar-refractivity contribution is -0.0498. The van der Waals surface area contributed by atoms with Gasteiger partial charge in [0, 0.05) is 17.2 Å². The summed E-state index contributed by atoms with van der Waals surface area (Å²) < 4.78 is 28.6. The number of halogens is 2. The second-order valence-electron chi connectivity index (χ2n) is 4.80. The maximum atomic E-state index is 12.1. The van der Waals surface area contributed by atoms with Crippen LogP contribution in [-0.2, 0) is 0 Å². The van der Waals surface area contributed by atoms with Crippen molar-refractivity contribution in [3.63, 3.8) is 0 Å². The molecule has 114 valence electrons. The number of rotatable bonds is 4. The maximum absolute atomic E-state index is 12.1. The van der Waals surface area contributed by atoms with E-state index in [-0.39, 0.29) is 11.7 Å². The van der Waals surface area contributed by atoms with Crippen molar-refractivity contribution in [3.8, 4) is 17.6 Å². The molecule has 0 spiro atoms. The number of ether oxygens (including phenoxy) is 1. The third-order valence-electron chi connectivity index (χ3n) is 3.22. The van der Waals surface area contributed by atoms with E-state index in [0.717, 1.165) is 17.5 Å². The van der Waals surface area contributed by atoms with E-state index in [1.807, 2.05) is 19.1 Å². The van der Waals surface area contributed by atoms with E-state index in [9.17, 15) is 8.78 Å². The molecule has 0 heterocycles. The highest BCUT2D eigenvalue weighted by Gasteiger charge is 2.08. The summed E-state index contributed by atoms with van der Waals surface area (Å²) in [5.41, 5.74) is 8.21. The number of nitrogen functional groups attached to an aromatic ring is 1. The zero-order chi connectivity index (χ0) is 15.9. The van der Waals surface area contributed by atoms with Crippen molar-refractivity contribution in [3.05, 3.63) is 59.7 Å². The predicted octanol–water partition coefficient (Wildman–Crippen LogP) is 4.42. The normalized spacial score (nSPS) is 11.6. The number of hydrogen-bond donors (Lipinski definition) is 1. The van der Waals surface area contributed by atoms with Crippen LogP contribution in [0.1, 0.15) is 30.4 Å². The molecule has 2 aromatic carbocycles. The van der Waals surface area contributed by atoms with E-state index in [1.165, 1.54) is 12.1 Å². The third kappa shape index (κ3) is 4.49. The zero-order valence-corrected chi connectivity index (χ0v) is 12.2. The maximum Gasteiger partial charge on any atom is 0.387 e. The standard InChI is InChI=1S/C18H17F2NO/c1-2-14(6-3-13-4-9-16(21)10-5-13)15-7-11-17(12-8-15)22-18(19)20/h4-5,7-12,14,18H,2,21H2,1H3. The number of nitrogens with two attached hydrogens (primary N) is 1. The summed E-state index contributed by atoms with van der Waals surface area (Å²) >= 11 is 0. The topological polar surface area (TPSA) is 35.2 Å². The zero-order valence-electron chi connectivity index (χ0n) is 12.2. The van der Waals surface area contributed by atoms with Gasteiger partial charge in [0.25, 0.3) is 0 Å². The molecule has 1 atom stereocenters. The fourth-order valence-electron chi connectivity index (χ4n) is 2.04. The van der Waals surface area contributed by atoms with Crippen molar-refractivity contribution < 1.29 is 13.5 Å². The van der Waals surface area contributed by atoms with Gasteiger partial charge < -0.3 is 10.5 Å². The first-order valence-electron chi connectivity index (χ1n) is 7.00. The van der Waals surface area contributed by atoms with Crippen molar-refractivity contribution in [2.75, 3.05) is 5.73 Å². The largest absolute Gasteiger partial charge is 0.435 e. The van der Waals surface area contributed by atoms with Gasteiger partial charge in [-0.3, -0.25) is 0 Å². The summed E-state index contributed by atoms with van der Waals surface area (Å²) in [6.07, 6.45) is 0.830. The lowest BCUT2D eigenvalue weighted by atomic mass is 9.96. The molecular weight excluding hydrogens is 284 g/mol. The van der Waals surface area contributed by atoms with Crippen molar-refractivity contribution in [1.29, 1.82) is 0 Å². The van der Waals surface area contributed by atoms with Crippen LogP contribution in [-0.4, -0.2) is 6.61 Å². The number of benzene rings is 2. The molecular formula is C18H17F2NO. The molecule has 0 saturated carbocycles. The minimum atomic E-state index is -2.81. The quantitative estimate of drug-likeness (QED) is 0.670. The van der Waals surface area contributed by atoms with Crippen molar-refractivity contribution in [2.24, 2.45) is 0 Å². The highest BCUT2D eigenvalue weighted by Crippen LogP contribution is 2.22. The van der Waals surface area contributed by atoms with Crippen molar-refractivity contribution in [1.82, 2.24) is 0 Å². The molecule has 4 heteroatoms. The number of anilines is 1. The molecule has 0 fully saturated rings. The van der Waals surface area contributed by atoms with Gasteiger partial charge in [-0.1, -0.05) is 30.9 Å². The summed E-state index contributed by atoms with van der Waals surface area (Å²) in [6.45, 7) is -0.774. The van der Waals surface area contributed by atoms with Crippen LogP contribution in [0.3, 0.4) is 0 Å². The Labute approximate surface area is 128 Å². The van der Waals surface area contributed by atoms with Crippen molar-refractivity contribution in [2.45, 2.75) is 25.9 Å². The molecule has 2 aromatic rings. The minimum Gasteiger partial charge on any atom is -0.435 e. The molecule has 2 N–H and O–H groups in total. The first-order valence-corrected chi connectivity index (χ1v) is 7.00. The van der Waals surface area contributed by atoms with Gasteiger partial charge in [-0.25, -0.2) is 0 Å². The monoisotopic (exact) mass is 301 g/mol. The second-order valence-corrected chi connectivity index (χ2v) is 4.80. The molecule has 0 saturated heterocycles. The molecule has 0 aliphatic carbocycles. The van der Waals surface area contributed by atoms with Gasteiger partial charge in [-0.2, -0.15) is 8.78 Å². The third-order valence-corrected chi connectivity index (χ3v) is 3.22. The van der Waals surface area contributed by atoms with Crippen LogP contribution in [0.4, 0.5) is 14.5 Å². The van der Waals surface area contributed by atoms with Gasteiger partial charge in [-0.15, -0.1) is 0 Å². The van der Waals surface area contributed by atoms with E-state index in [1.54, 1.807) is 24.3 Å². The average molecular weight is 301 g/mol. The molecule has 0 radical (unpaired) electrons.